The van der Waals surface area contributed by atoms with Gasteiger partial charge in [0, 0.05) is 48.4 Å². The number of carbonyl (C=O) groups excluding carboxylic acids is 1. The molecule has 2 heterocycles. The second-order valence-corrected chi connectivity index (χ2v) is 9.43. The first-order valence-corrected chi connectivity index (χ1v) is 12.1. The van der Waals surface area contributed by atoms with E-state index in [1.54, 1.807) is 17.0 Å². The van der Waals surface area contributed by atoms with Gasteiger partial charge in [-0.25, -0.2) is 9.37 Å². The van der Waals surface area contributed by atoms with Crippen LogP contribution >= 0.6 is 11.6 Å². The summed E-state index contributed by atoms with van der Waals surface area (Å²) in [7, 11) is 0. The van der Waals surface area contributed by atoms with Gasteiger partial charge in [-0.05, 0) is 61.9 Å². The standard InChI is InChI=1S/C27H27ClFN3O2/c1-3-22(34)31-11-13-32(14-12-31)27-17-8-4-5-9-20(17)30-26-18(27)15-19(28)24(25(26)29)23-16(2)7-6-10-21(23)33/h3,6-7,10,15,33H,1,4-5,8-9,11-14H2,2H3. The summed E-state index contributed by atoms with van der Waals surface area (Å²) in [5, 5.41) is 11.4. The molecule has 2 aromatic carbocycles. The van der Waals surface area contributed by atoms with Gasteiger partial charge in [0.2, 0.25) is 5.91 Å². The number of fused-ring (bicyclic) bond motifs is 2. The minimum Gasteiger partial charge on any atom is -0.507 e. The molecule has 1 saturated heterocycles. The normalized spacial score (nSPS) is 16.0. The van der Waals surface area contributed by atoms with E-state index in [2.05, 4.69) is 11.5 Å². The molecule has 0 saturated carbocycles. The molecular weight excluding hydrogens is 453 g/mol. The van der Waals surface area contributed by atoms with Crippen molar-refractivity contribution in [3.8, 4) is 16.9 Å². The number of aromatic hydroxyl groups is 1. The topological polar surface area (TPSA) is 56.7 Å². The Balaban J connectivity index is 1.70. The predicted octanol–water partition coefficient (Wildman–Crippen LogP) is 5.42. The zero-order valence-corrected chi connectivity index (χ0v) is 20.0. The van der Waals surface area contributed by atoms with Crippen LogP contribution in [0.2, 0.25) is 5.02 Å². The van der Waals surface area contributed by atoms with Crippen LogP contribution in [-0.2, 0) is 17.6 Å². The number of aromatic nitrogens is 1. The number of benzene rings is 2. The average molecular weight is 480 g/mol. The van der Waals surface area contributed by atoms with Crippen LogP contribution in [-0.4, -0.2) is 47.1 Å². The number of halogens is 2. The molecule has 0 spiro atoms. The van der Waals surface area contributed by atoms with Crippen molar-refractivity contribution in [1.82, 2.24) is 9.88 Å². The summed E-state index contributed by atoms with van der Waals surface area (Å²) in [6.07, 6.45) is 5.12. The Morgan fingerprint density at radius 3 is 2.62 bits per heavy atom. The van der Waals surface area contributed by atoms with E-state index in [1.807, 2.05) is 13.0 Å². The molecule has 7 heteroatoms. The van der Waals surface area contributed by atoms with Crippen LogP contribution in [0.25, 0.3) is 22.0 Å². The second kappa shape index (κ2) is 8.91. The molecule has 1 aromatic heterocycles. The number of hydrogen-bond acceptors (Lipinski definition) is 4. The van der Waals surface area contributed by atoms with E-state index in [4.69, 9.17) is 16.6 Å². The van der Waals surface area contributed by atoms with Crippen molar-refractivity contribution in [3.05, 3.63) is 64.6 Å². The number of nitrogens with zero attached hydrogens (tertiary/aromatic N) is 3. The summed E-state index contributed by atoms with van der Waals surface area (Å²) in [5.41, 5.74) is 4.66. The van der Waals surface area contributed by atoms with Crippen molar-refractivity contribution >= 4 is 34.1 Å². The Kier molecular flexibility index (Phi) is 5.94. The first-order valence-electron chi connectivity index (χ1n) is 11.7. The molecule has 1 fully saturated rings. The number of carbonyl (C=O) groups is 1. The Morgan fingerprint density at radius 1 is 1.18 bits per heavy atom. The largest absolute Gasteiger partial charge is 0.507 e. The molecule has 1 amide bonds. The molecule has 1 aliphatic heterocycles. The first-order chi connectivity index (χ1) is 16.4. The van der Waals surface area contributed by atoms with Crippen molar-refractivity contribution in [2.75, 3.05) is 31.1 Å². The highest BCUT2D eigenvalue weighted by atomic mass is 35.5. The van der Waals surface area contributed by atoms with E-state index >= 15 is 4.39 Å². The molecule has 176 valence electrons. The van der Waals surface area contributed by atoms with Crippen LogP contribution in [0.4, 0.5) is 10.1 Å². The van der Waals surface area contributed by atoms with Gasteiger partial charge in [0.25, 0.3) is 0 Å². The maximum atomic E-state index is 16.2. The number of phenols is 1. The fourth-order valence-electron chi connectivity index (χ4n) is 5.31. The summed E-state index contributed by atoms with van der Waals surface area (Å²) in [6, 6.07) is 6.88. The summed E-state index contributed by atoms with van der Waals surface area (Å²) >= 11 is 6.70. The Bertz CT molecular complexity index is 1300. The Labute approximate surface area is 203 Å². The number of rotatable bonds is 3. The zero-order valence-electron chi connectivity index (χ0n) is 19.2. The summed E-state index contributed by atoms with van der Waals surface area (Å²) < 4.78 is 16.2. The van der Waals surface area contributed by atoms with Crippen LogP contribution in [0.1, 0.15) is 29.7 Å². The predicted molar refractivity (Wildman–Crippen MR) is 134 cm³/mol. The summed E-state index contributed by atoms with van der Waals surface area (Å²) in [4.78, 5) is 20.9. The number of pyridine rings is 1. The highest BCUT2D eigenvalue weighted by Gasteiger charge is 2.29. The molecule has 3 aromatic rings. The minimum absolute atomic E-state index is 0.0126. The van der Waals surface area contributed by atoms with Gasteiger partial charge >= 0.3 is 0 Å². The van der Waals surface area contributed by atoms with Gasteiger partial charge in [0.15, 0.2) is 5.82 Å². The summed E-state index contributed by atoms with van der Waals surface area (Å²) in [5.74, 6) is -0.596. The molecule has 0 unspecified atom stereocenters. The zero-order chi connectivity index (χ0) is 24.0. The second-order valence-electron chi connectivity index (χ2n) is 9.02. The minimum atomic E-state index is -0.512. The maximum Gasteiger partial charge on any atom is 0.246 e. The smallest absolute Gasteiger partial charge is 0.246 e. The van der Waals surface area contributed by atoms with Crippen molar-refractivity contribution in [1.29, 1.82) is 0 Å². The molecule has 0 bridgehead atoms. The van der Waals surface area contributed by atoms with E-state index in [-0.39, 0.29) is 27.8 Å². The van der Waals surface area contributed by atoms with Gasteiger partial charge in [-0.1, -0.05) is 30.3 Å². The number of amides is 1. The molecule has 5 nitrogen and oxygen atoms in total. The Hall–Kier alpha value is -3.12. The van der Waals surface area contributed by atoms with Gasteiger partial charge in [0.05, 0.1) is 10.7 Å². The maximum absolute atomic E-state index is 16.2. The highest BCUT2D eigenvalue weighted by molar-refractivity contribution is 6.34. The van der Waals surface area contributed by atoms with Crippen molar-refractivity contribution in [3.63, 3.8) is 0 Å². The third kappa shape index (κ3) is 3.70. The van der Waals surface area contributed by atoms with E-state index in [1.165, 1.54) is 12.1 Å². The van der Waals surface area contributed by atoms with Gasteiger partial charge < -0.3 is 14.9 Å². The number of anilines is 1. The number of hydrogen-bond donors (Lipinski definition) is 1. The van der Waals surface area contributed by atoms with E-state index < -0.39 is 5.82 Å². The Morgan fingerprint density at radius 2 is 1.91 bits per heavy atom. The van der Waals surface area contributed by atoms with Gasteiger partial charge in [0.1, 0.15) is 11.3 Å². The highest BCUT2D eigenvalue weighted by Crippen LogP contribution is 2.45. The lowest BCUT2D eigenvalue weighted by atomic mass is 9.90. The fraction of sp³-hybridized carbons (Fsp3) is 0.333. The van der Waals surface area contributed by atoms with Crippen LogP contribution in [0.15, 0.2) is 36.9 Å². The van der Waals surface area contributed by atoms with Crippen LogP contribution < -0.4 is 4.90 Å². The van der Waals surface area contributed by atoms with Crippen molar-refractivity contribution in [2.24, 2.45) is 0 Å². The fourth-order valence-corrected chi connectivity index (χ4v) is 5.60. The van der Waals surface area contributed by atoms with Gasteiger partial charge in [-0.2, -0.15) is 0 Å². The molecule has 1 aliphatic carbocycles. The molecular formula is C27H27ClFN3O2. The third-order valence-electron chi connectivity index (χ3n) is 7.00. The third-order valence-corrected chi connectivity index (χ3v) is 7.30. The summed E-state index contributed by atoms with van der Waals surface area (Å²) in [6.45, 7) is 7.86. The lowest BCUT2D eigenvalue weighted by molar-refractivity contribution is -0.126. The molecule has 1 N–H and O–H groups in total. The van der Waals surface area contributed by atoms with Crippen molar-refractivity contribution < 1.29 is 14.3 Å². The number of phenolic OH excluding ortho intramolecular Hbond substituents is 1. The first kappa shape index (κ1) is 22.7. The van der Waals surface area contributed by atoms with Gasteiger partial charge in [-0.15, -0.1) is 0 Å². The van der Waals surface area contributed by atoms with Crippen LogP contribution in [0.5, 0.6) is 5.75 Å². The molecule has 34 heavy (non-hydrogen) atoms. The van der Waals surface area contributed by atoms with Crippen LogP contribution in [0.3, 0.4) is 0 Å². The quantitative estimate of drug-likeness (QED) is 0.509. The van der Waals surface area contributed by atoms with Crippen LogP contribution in [0, 0.1) is 12.7 Å². The number of aryl methyl sites for hydroxylation is 2. The lowest BCUT2D eigenvalue weighted by Crippen LogP contribution is -2.48. The molecule has 0 radical (unpaired) electrons. The van der Waals surface area contributed by atoms with E-state index in [9.17, 15) is 9.90 Å². The average Bonchev–Trinajstić information content (AvgIpc) is 2.84. The van der Waals surface area contributed by atoms with E-state index in [0.29, 0.717) is 37.1 Å². The van der Waals surface area contributed by atoms with Crippen molar-refractivity contribution in [2.45, 2.75) is 32.6 Å². The van der Waals surface area contributed by atoms with E-state index in [0.717, 1.165) is 48.2 Å². The molecule has 2 aliphatic rings. The SMILES string of the molecule is C=CC(=O)N1CCN(c2c3c(nc4c(F)c(-c5c(C)cccc5O)c(Cl)cc24)CCCC3)CC1. The number of piperazine rings is 1. The lowest BCUT2D eigenvalue weighted by Gasteiger charge is -2.38. The molecule has 5 rings (SSSR count). The molecule has 0 atom stereocenters. The monoisotopic (exact) mass is 479 g/mol. The van der Waals surface area contributed by atoms with Gasteiger partial charge in [-0.3, -0.25) is 4.79 Å².